The van der Waals surface area contributed by atoms with Crippen LogP contribution in [0.25, 0.3) is 0 Å². The Bertz CT molecular complexity index is 631. The van der Waals surface area contributed by atoms with Gasteiger partial charge in [-0.05, 0) is 39.7 Å². The highest BCUT2D eigenvalue weighted by Gasteiger charge is 2.30. The number of hydrogen-bond donors (Lipinski definition) is 3. The summed E-state index contributed by atoms with van der Waals surface area (Å²) in [5.74, 6) is -1.12. The zero-order valence-electron chi connectivity index (χ0n) is 12.1. The summed E-state index contributed by atoms with van der Waals surface area (Å²) in [5, 5.41) is 12.4. The van der Waals surface area contributed by atoms with Crippen LogP contribution in [0, 0.1) is 13.8 Å². The van der Waals surface area contributed by atoms with Crippen LogP contribution in [-0.2, 0) is 10.0 Å². The van der Waals surface area contributed by atoms with Gasteiger partial charge in [-0.3, -0.25) is 0 Å². The van der Waals surface area contributed by atoms with Gasteiger partial charge in [-0.25, -0.2) is 17.9 Å². The molecule has 0 aliphatic heterocycles. The largest absolute Gasteiger partial charge is 0.478 e. The predicted octanol–water partition coefficient (Wildman–Crippen LogP) is 1.02. The number of hydrogen-bond acceptors (Lipinski definition) is 5. The second-order valence-corrected chi connectivity index (χ2v) is 6.91. The number of aromatic carboxylic acids is 1. The lowest BCUT2D eigenvalue weighted by Gasteiger charge is -2.07. The molecule has 1 aliphatic rings. The number of nitrogens with one attached hydrogen (secondary N) is 2. The maximum atomic E-state index is 12.2. The van der Waals surface area contributed by atoms with Crippen LogP contribution < -0.4 is 10.0 Å². The number of carbonyl (C=O) groups is 1. The predicted molar refractivity (Wildman–Crippen MR) is 76.0 cm³/mol. The number of carboxylic acid groups (broad SMARTS) is 1. The molecular weight excluding hydrogens is 296 g/mol. The molecule has 1 aromatic rings. The van der Waals surface area contributed by atoms with Gasteiger partial charge < -0.3 is 14.8 Å². The molecule has 0 atom stereocenters. The van der Waals surface area contributed by atoms with Crippen molar-refractivity contribution >= 4 is 16.0 Å². The highest BCUT2D eigenvalue weighted by molar-refractivity contribution is 7.89. The Morgan fingerprint density at radius 2 is 1.95 bits per heavy atom. The fraction of sp³-hybridized carbons (Fsp3) is 0.615. The third kappa shape index (κ3) is 3.84. The summed E-state index contributed by atoms with van der Waals surface area (Å²) in [7, 11) is -3.88. The van der Waals surface area contributed by atoms with Gasteiger partial charge in [-0.15, -0.1) is 0 Å². The summed E-state index contributed by atoms with van der Waals surface area (Å²) in [4.78, 5) is 10.9. The van der Waals surface area contributed by atoms with E-state index in [0.717, 1.165) is 6.54 Å². The number of aryl methyl sites for hydroxylation is 2. The van der Waals surface area contributed by atoms with E-state index in [1.165, 1.54) is 26.7 Å². The SMILES string of the molecule is Cc1oc(C)c(S(=O)(=O)NCCCNC2CC2)c1C(=O)O. The molecule has 1 aromatic heterocycles. The first-order valence-corrected chi connectivity index (χ1v) is 8.37. The van der Waals surface area contributed by atoms with E-state index >= 15 is 0 Å². The first-order valence-electron chi connectivity index (χ1n) is 6.89. The zero-order chi connectivity index (χ0) is 15.6. The monoisotopic (exact) mass is 316 g/mol. The average molecular weight is 316 g/mol. The van der Waals surface area contributed by atoms with Gasteiger partial charge in [0.05, 0.1) is 0 Å². The second-order valence-electron chi connectivity index (χ2n) is 5.20. The highest BCUT2D eigenvalue weighted by atomic mass is 32.2. The van der Waals surface area contributed by atoms with Crippen LogP contribution in [0.2, 0.25) is 0 Å². The van der Waals surface area contributed by atoms with Crippen LogP contribution in [0.1, 0.15) is 41.1 Å². The Morgan fingerprint density at radius 3 is 2.52 bits per heavy atom. The Balaban J connectivity index is 2.02. The molecule has 0 spiro atoms. The molecule has 1 saturated carbocycles. The standard InChI is InChI=1S/C13H20N2O5S/c1-8-11(13(16)17)12(9(2)20-8)21(18,19)15-7-3-6-14-10-4-5-10/h10,14-15H,3-7H2,1-2H3,(H,16,17). The summed E-state index contributed by atoms with van der Waals surface area (Å²) in [6, 6.07) is 0.582. The zero-order valence-corrected chi connectivity index (χ0v) is 12.9. The van der Waals surface area contributed by atoms with Gasteiger partial charge in [0.15, 0.2) is 0 Å². The van der Waals surface area contributed by atoms with Crippen LogP contribution in [0.4, 0.5) is 0 Å². The van der Waals surface area contributed by atoms with Crippen molar-refractivity contribution in [2.24, 2.45) is 0 Å². The van der Waals surface area contributed by atoms with Crippen LogP contribution >= 0.6 is 0 Å². The van der Waals surface area contributed by atoms with Crippen molar-refractivity contribution in [1.29, 1.82) is 0 Å². The molecule has 7 nitrogen and oxygen atoms in total. The van der Waals surface area contributed by atoms with E-state index in [0.29, 0.717) is 12.5 Å². The van der Waals surface area contributed by atoms with Gasteiger partial charge in [-0.2, -0.15) is 0 Å². The molecule has 118 valence electrons. The van der Waals surface area contributed by atoms with E-state index < -0.39 is 16.0 Å². The number of carboxylic acids is 1. The lowest BCUT2D eigenvalue weighted by Crippen LogP contribution is -2.29. The third-order valence-corrected chi connectivity index (χ3v) is 4.96. The van der Waals surface area contributed by atoms with Crippen molar-refractivity contribution in [2.45, 2.75) is 44.0 Å². The maximum absolute atomic E-state index is 12.2. The maximum Gasteiger partial charge on any atom is 0.340 e. The number of sulfonamides is 1. The summed E-state index contributed by atoms with van der Waals surface area (Å²) < 4.78 is 32.1. The van der Waals surface area contributed by atoms with Crippen LogP contribution in [-0.4, -0.2) is 38.6 Å². The van der Waals surface area contributed by atoms with Crippen molar-refractivity contribution in [2.75, 3.05) is 13.1 Å². The Hall–Kier alpha value is -1.38. The van der Waals surface area contributed by atoms with E-state index in [1.54, 1.807) is 0 Å². The summed E-state index contributed by atoms with van der Waals surface area (Å²) in [6.07, 6.45) is 3.01. The minimum atomic E-state index is -3.88. The van der Waals surface area contributed by atoms with Crippen molar-refractivity contribution < 1.29 is 22.7 Å². The fourth-order valence-corrected chi connectivity index (χ4v) is 3.67. The van der Waals surface area contributed by atoms with Crippen molar-refractivity contribution in [3.8, 4) is 0 Å². The van der Waals surface area contributed by atoms with E-state index in [4.69, 9.17) is 9.52 Å². The van der Waals surface area contributed by atoms with Crippen LogP contribution in [0.3, 0.4) is 0 Å². The lowest BCUT2D eigenvalue weighted by molar-refractivity contribution is 0.0691. The topological polar surface area (TPSA) is 109 Å². The Morgan fingerprint density at radius 1 is 1.29 bits per heavy atom. The van der Waals surface area contributed by atoms with Crippen LogP contribution in [0.15, 0.2) is 9.31 Å². The minimum Gasteiger partial charge on any atom is -0.478 e. The normalized spacial score (nSPS) is 15.3. The minimum absolute atomic E-state index is 0.0912. The smallest absolute Gasteiger partial charge is 0.340 e. The first-order chi connectivity index (χ1) is 9.83. The molecule has 1 fully saturated rings. The fourth-order valence-electron chi connectivity index (χ4n) is 2.19. The average Bonchev–Trinajstić information content (AvgIpc) is 3.12. The van der Waals surface area contributed by atoms with E-state index in [9.17, 15) is 13.2 Å². The molecule has 1 heterocycles. The van der Waals surface area contributed by atoms with Crippen molar-refractivity contribution in [1.82, 2.24) is 10.0 Å². The molecule has 0 aromatic carbocycles. The van der Waals surface area contributed by atoms with Gasteiger partial charge in [0, 0.05) is 12.6 Å². The van der Waals surface area contributed by atoms with E-state index in [1.807, 2.05) is 0 Å². The summed E-state index contributed by atoms with van der Waals surface area (Å²) in [6.45, 7) is 3.88. The highest BCUT2D eigenvalue weighted by Crippen LogP contribution is 2.26. The Labute approximate surface area is 123 Å². The molecule has 0 radical (unpaired) electrons. The van der Waals surface area contributed by atoms with E-state index in [2.05, 4.69) is 10.0 Å². The lowest BCUT2D eigenvalue weighted by atomic mass is 10.2. The third-order valence-electron chi connectivity index (χ3n) is 3.34. The molecule has 3 N–H and O–H groups in total. The van der Waals surface area contributed by atoms with E-state index in [-0.39, 0.29) is 28.5 Å². The molecule has 21 heavy (non-hydrogen) atoms. The molecule has 0 bridgehead atoms. The molecule has 8 heteroatoms. The molecule has 1 aliphatic carbocycles. The van der Waals surface area contributed by atoms with Gasteiger partial charge in [0.2, 0.25) is 10.0 Å². The van der Waals surface area contributed by atoms with Gasteiger partial charge in [-0.1, -0.05) is 0 Å². The molecular formula is C13H20N2O5S. The molecule has 0 unspecified atom stereocenters. The molecule has 2 rings (SSSR count). The number of furan rings is 1. The molecule has 0 saturated heterocycles. The van der Waals surface area contributed by atoms with Gasteiger partial charge in [0.1, 0.15) is 22.0 Å². The summed E-state index contributed by atoms with van der Waals surface area (Å²) >= 11 is 0. The molecule has 0 amide bonds. The quantitative estimate of drug-likeness (QED) is 0.618. The van der Waals surface area contributed by atoms with Gasteiger partial charge >= 0.3 is 5.97 Å². The second kappa shape index (κ2) is 6.17. The van der Waals surface area contributed by atoms with Crippen LogP contribution in [0.5, 0.6) is 0 Å². The van der Waals surface area contributed by atoms with Gasteiger partial charge in [0.25, 0.3) is 0 Å². The first kappa shape index (κ1) is 16.0. The summed E-state index contributed by atoms with van der Waals surface area (Å²) in [5.41, 5.74) is -0.295. The van der Waals surface area contributed by atoms with Crippen molar-refractivity contribution in [3.63, 3.8) is 0 Å². The van der Waals surface area contributed by atoms with Crippen molar-refractivity contribution in [3.05, 3.63) is 17.1 Å². The number of rotatable bonds is 8. The Kier molecular flexibility index (Phi) is 4.70.